The molecule has 1 atom stereocenters. The molecule has 0 aliphatic rings. The van der Waals surface area contributed by atoms with Crippen LogP contribution in [-0.2, 0) is 4.74 Å². The zero-order valence-corrected chi connectivity index (χ0v) is 9.27. The SMILES string of the molecule is CCOCOc1ccc(C(O)CC)cc1. The Bertz CT molecular complexity index is 269. The van der Waals surface area contributed by atoms with Crippen LogP contribution >= 0.6 is 0 Å². The number of aliphatic hydroxyl groups is 1. The van der Waals surface area contributed by atoms with Gasteiger partial charge in [0.1, 0.15) is 5.75 Å². The van der Waals surface area contributed by atoms with Crippen LogP contribution in [0.2, 0.25) is 0 Å². The first-order valence-electron chi connectivity index (χ1n) is 5.26. The van der Waals surface area contributed by atoms with E-state index in [1.807, 2.05) is 38.1 Å². The van der Waals surface area contributed by atoms with Crippen molar-refractivity contribution in [3.05, 3.63) is 29.8 Å². The van der Waals surface area contributed by atoms with Crippen molar-refractivity contribution in [3.63, 3.8) is 0 Å². The number of rotatable bonds is 6. The maximum atomic E-state index is 9.57. The molecule has 0 spiro atoms. The molecule has 0 amide bonds. The van der Waals surface area contributed by atoms with Crippen LogP contribution in [0, 0.1) is 0 Å². The van der Waals surface area contributed by atoms with Crippen molar-refractivity contribution in [3.8, 4) is 5.75 Å². The van der Waals surface area contributed by atoms with Crippen molar-refractivity contribution in [1.29, 1.82) is 0 Å². The molecule has 0 radical (unpaired) electrons. The molecule has 0 saturated carbocycles. The van der Waals surface area contributed by atoms with Gasteiger partial charge < -0.3 is 14.6 Å². The quantitative estimate of drug-likeness (QED) is 0.579. The van der Waals surface area contributed by atoms with E-state index in [1.54, 1.807) is 0 Å². The van der Waals surface area contributed by atoms with Gasteiger partial charge in [0.2, 0.25) is 0 Å². The largest absolute Gasteiger partial charge is 0.468 e. The highest BCUT2D eigenvalue weighted by Gasteiger charge is 2.03. The van der Waals surface area contributed by atoms with Crippen LogP contribution in [0.3, 0.4) is 0 Å². The summed E-state index contributed by atoms with van der Waals surface area (Å²) in [4.78, 5) is 0. The Balaban J connectivity index is 2.49. The van der Waals surface area contributed by atoms with E-state index < -0.39 is 0 Å². The molecule has 0 aliphatic carbocycles. The molecular weight excluding hydrogens is 192 g/mol. The Morgan fingerprint density at radius 2 is 1.87 bits per heavy atom. The third-order valence-electron chi connectivity index (χ3n) is 2.16. The molecule has 1 aromatic rings. The van der Waals surface area contributed by atoms with Gasteiger partial charge in [-0.3, -0.25) is 0 Å². The topological polar surface area (TPSA) is 38.7 Å². The molecule has 0 fully saturated rings. The predicted molar refractivity (Wildman–Crippen MR) is 58.8 cm³/mol. The first-order chi connectivity index (χ1) is 7.27. The summed E-state index contributed by atoms with van der Waals surface area (Å²) >= 11 is 0. The second kappa shape index (κ2) is 6.43. The average Bonchev–Trinajstić information content (AvgIpc) is 2.29. The minimum absolute atomic E-state index is 0.270. The molecule has 3 heteroatoms. The van der Waals surface area contributed by atoms with Crippen molar-refractivity contribution in [1.82, 2.24) is 0 Å². The fourth-order valence-corrected chi connectivity index (χ4v) is 1.21. The number of hydrogen-bond donors (Lipinski definition) is 1. The van der Waals surface area contributed by atoms with Crippen LogP contribution in [-0.4, -0.2) is 18.5 Å². The number of hydrogen-bond acceptors (Lipinski definition) is 3. The van der Waals surface area contributed by atoms with E-state index in [4.69, 9.17) is 9.47 Å². The zero-order chi connectivity index (χ0) is 11.1. The smallest absolute Gasteiger partial charge is 0.189 e. The van der Waals surface area contributed by atoms with Gasteiger partial charge in [0.05, 0.1) is 6.10 Å². The van der Waals surface area contributed by atoms with Crippen LogP contribution < -0.4 is 4.74 Å². The minimum atomic E-state index is -0.383. The summed E-state index contributed by atoms with van der Waals surface area (Å²) in [5.74, 6) is 0.760. The molecule has 1 rings (SSSR count). The highest BCUT2D eigenvalue weighted by atomic mass is 16.7. The first kappa shape index (κ1) is 12.0. The fourth-order valence-electron chi connectivity index (χ4n) is 1.21. The van der Waals surface area contributed by atoms with Gasteiger partial charge in [-0.15, -0.1) is 0 Å². The van der Waals surface area contributed by atoms with Gasteiger partial charge in [0.15, 0.2) is 6.79 Å². The molecule has 1 unspecified atom stereocenters. The summed E-state index contributed by atoms with van der Waals surface area (Å²) < 4.78 is 10.4. The van der Waals surface area contributed by atoms with Crippen molar-refractivity contribution >= 4 is 0 Å². The maximum Gasteiger partial charge on any atom is 0.189 e. The molecule has 0 aliphatic heterocycles. The van der Waals surface area contributed by atoms with Gasteiger partial charge >= 0.3 is 0 Å². The summed E-state index contributed by atoms with van der Waals surface area (Å²) in [6.45, 7) is 4.78. The van der Waals surface area contributed by atoms with Crippen LogP contribution in [0.1, 0.15) is 31.9 Å². The molecule has 3 nitrogen and oxygen atoms in total. The van der Waals surface area contributed by atoms with Gasteiger partial charge in [0, 0.05) is 6.61 Å². The third kappa shape index (κ3) is 3.90. The summed E-state index contributed by atoms with van der Waals surface area (Å²) in [7, 11) is 0. The summed E-state index contributed by atoms with van der Waals surface area (Å²) in [5, 5.41) is 9.57. The van der Waals surface area contributed by atoms with E-state index in [2.05, 4.69) is 0 Å². The maximum absolute atomic E-state index is 9.57. The van der Waals surface area contributed by atoms with Crippen LogP contribution in [0.4, 0.5) is 0 Å². The Morgan fingerprint density at radius 3 is 2.40 bits per heavy atom. The molecule has 0 aromatic heterocycles. The van der Waals surface area contributed by atoms with Crippen LogP contribution in [0.15, 0.2) is 24.3 Å². The molecular formula is C12H18O3. The third-order valence-corrected chi connectivity index (χ3v) is 2.16. The van der Waals surface area contributed by atoms with E-state index in [-0.39, 0.29) is 12.9 Å². The molecule has 0 bridgehead atoms. The summed E-state index contributed by atoms with van der Waals surface area (Å²) in [6, 6.07) is 7.42. The zero-order valence-electron chi connectivity index (χ0n) is 9.27. The van der Waals surface area contributed by atoms with Crippen molar-refractivity contribution < 1.29 is 14.6 Å². The Hall–Kier alpha value is -1.06. The van der Waals surface area contributed by atoms with Crippen molar-refractivity contribution in [2.24, 2.45) is 0 Å². The van der Waals surface area contributed by atoms with E-state index in [9.17, 15) is 5.11 Å². The molecule has 0 saturated heterocycles. The second-order valence-corrected chi connectivity index (χ2v) is 3.25. The Kier molecular flexibility index (Phi) is 5.15. The van der Waals surface area contributed by atoms with Crippen LogP contribution in [0.5, 0.6) is 5.75 Å². The lowest BCUT2D eigenvalue weighted by Gasteiger charge is -2.09. The molecule has 15 heavy (non-hydrogen) atoms. The standard InChI is InChI=1S/C12H18O3/c1-3-12(13)10-5-7-11(8-6-10)15-9-14-4-2/h5-8,12-13H,3-4,9H2,1-2H3. The van der Waals surface area contributed by atoms with E-state index >= 15 is 0 Å². The lowest BCUT2D eigenvalue weighted by molar-refractivity contribution is 0.0224. The number of aliphatic hydroxyl groups excluding tert-OH is 1. The highest BCUT2D eigenvalue weighted by molar-refractivity contribution is 5.28. The van der Waals surface area contributed by atoms with Gasteiger partial charge in [-0.2, -0.15) is 0 Å². The predicted octanol–water partition coefficient (Wildman–Crippen LogP) is 2.50. The monoisotopic (exact) mass is 210 g/mol. The van der Waals surface area contributed by atoms with E-state index in [1.165, 1.54) is 0 Å². The van der Waals surface area contributed by atoms with Crippen molar-refractivity contribution in [2.45, 2.75) is 26.4 Å². The molecule has 1 N–H and O–H groups in total. The van der Waals surface area contributed by atoms with Gasteiger partial charge in [0.25, 0.3) is 0 Å². The lowest BCUT2D eigenvalue weighted by Crippen LogP contribution is -2.02. The molecule has 84 valence electrons. The average molecular weight is 210 g/mol. The second-order valence-electron chi connectivity index (χ2n) is 3.25. The Labute approximate surface area is 90.6 Å². The lowest BCUT2D eigenvalue weighted by atomic mass is 10.1. The van der Waals surface area contributed by atoms with Gasteiger partial charge in [-0.1, -0.05) is 19.1 Å². The summed E-state index contributed by atoms with van der Waals surface area (Å²) in [5.41, 5.74) is 0.918. The van der Waals surface area contributed by atoms with E-state index in [0.717, 1.165) is 17.7 Å². The molecule has 0 heterocycles. The molecule has 1 aromatic carbocycles. The normalized spacial score (nSPS) is 12.5. The van der Waals surface area contributed by atoms with Gasteiger partial charge in [-0.25, -0.2) is 0 Å². The first-order valence-corrected chi connectivity index (χ1v) is 5.26. The van der Waals surface area contributed by atoms with Gasteiger partial charge in [-0.05, 0) is 31.0 Å². The summed E-state index contributed by atoms with van der Waals surface area (Å²) in [6.07, 6.45) is 0.338. The fraction of sp³-hybridized carbons (Fsp3) is 0.500. The van der Waals surface area contributed by atoms with E-state index in [0.29, 0.717) is 6.61 Å². The number of ether oxygens (including phenoxy) is 2. The highest BCUT2D eigenvalue weighted by Crippen LogP contribution is 2.19. The Morgan fingerprint density at radius 1 is 1.20 bits per heavy atom. The van der Waals surface area contributed by atoms with Crippen molar-refractivity contribution in [2.75, 3.05) is 13.4 Å². The number of benzene rings is 1. The van der Waals surface area contributed by atoms with Crippen LogP contribution in [0.25, 0.3) is 0 Å². The minimum Gasteiger partial charge on any atom is -0.468 e.